The maximum Gasteiger partial charge on any atom is 0.411 e. The Morgan fingerprint density at radius 1 is 1.33 bits per heavy atom. The molecule has 0 aliphatic rings. The summed E-state index contributed by atoms with van der Waals surface area (Å²) in [5.41, 5.74) is 0.604. The van der Waals surface area contributed by atoms with Gasteiger partial charge < -0.3 is 14.3 Å². The van der Waals surface area contributed by atoms with Crippen LogP contribution in [0, 0.1) is 0 Å². The van der Waals surface area contributed by atoms with Crippen LogP contribution in [0.5, 0.6) is 5.75 Å². The molecule has 0 saturated carbocycles. The number of benzene rings is 1. The number of nitrogens with one attached hydrogen (secondary N) is 1. The Hall–Kier alpha value is -3.35. The molecular formula is C17H14N2O5. The molecule has 7 heteroatoms. The van der Waals surface area contributed by atoms with Crippen molar-refractivity contribution in [3.8, 4) is 17.1 Å². The highest BCUT2D eigenvalue weighted by Gasteiger charge is 2.14. The first-order valence-corrected chi connectivity index (χ1v) is 7.24. The Balaban J connectivity index is 2.13. The molecule has 24 heavy (non-hydrogen) atoms. The molecule has 0 saturated heterocycles. The van der Waals surface area contributed by atoms with E-state index in [9.17, 15) is 14.7 Å². The van der Waals surface area contributed by atoms with Crippen LogP contribution in [-0.4, -0.2) is 22.8 Å². The van der Waals surface area contributed by atoms with Gasteiger partial charge in [0.05, 0.1) is 23.9 Å². The number of fused-ring (bicyclic) bond motifs is 1. The van der Waals surface area contributed by atoms with Gasteiger partial charge in [-0.3, -0.25) is 15.1 Å². The first kappa shape index (κ1) is 15.5. The number of amides is 1. The smallest absolute Gasteiger partial charge is 0.411 e. The monoisotopic (exact) mass is 326 g/mol. The molecule has 3 aromatic rings. The summed E-state index contributed by atoms with van der Waals surface area (Å²) in [6.45, 7) is 1.94. The number of para-hydroxylation sites is 1. The summed E-state index contributed by atoms with van der Waals surface area (Å²) in [5.74, 6) is -0.0244. The van der Waals surface area contributed by atoms with Gasteiger partial charge in [0.25, 0.3) is 0 Å². The lowest BCUT2D eigenvalue weighted by Gasteiger charge is -2.11. The van der Waals surface area contributed by atoms with Crippen LogP contribution in [0.2, 0.25) is 0 Å². The maximum absolute atomic E-state index is 12.2. The van der Waals surface area contributed by atoms with Gasteiger partial charge in [-0.05, 0) is 19.1 Å². The molecule has 2 aromatic heterocycles. The van der Waals surface area contributed by atoms with Gasteiger partial charge in [0.1, 0.15) is 5.76 Å². The minimum Gasteiger partial charge on any atom is -0.503 e. The Morgan fingerprint density at radius 2 is 2.12 bits per heavy atom. The third-order valence-corrected chi connectivity index (χ3v) is 3.32. The number of anilines is 1. The zero-order valence-electron chi connectivity index (χ0n) is 12.8. The number of hydrogen-bond acceptors (Lipinski definition) is 6. The molecule has 1 amide bonds. The van der Waals surface area contributed by atoms with E-state index in [2.05, 4.69) is 10.3 Å². The second kappa shape index (κ2) is 6.41. The molecular weight excluding hydrogens is 312 g/mol. The fraction of sp³-hybridized carbons (Fsp3) is 0.118. The first-order chi connectivity index (χ1) is 11.6. The fourth-order valence-electron chi connectivity index (χ4n) is 2.27. The second-order valence-corrected chi connectivity index (χ2v) is 4.90. The van der Waals surface area contributed by atoms with Crippen LogP contribution in [0.3, 0.4) is 0 Å². The molecule has 0 unspecified atom stereocenters. The molecule has 0 fully saturated rings. The minimum atomic E-state index is -0.611. The summed E-state index contributed by atoms with van der Waals surface area (Å²) >= 11 is 0. The van der Waals surface area contributed by atoms with Crippen LogP contribution in [0.1, 0.15) is 6.92 Å². The summed E-state index contributed by atoms with van der Waals surface area (Å²) in [5, 5.41) is 12.6. The fourth-order valence-corrected chi connectivity index (χ4v) is 2.27. The van der Waals surface area contributed by atoms with E-state index < -0.39 is 6.09 Å². The van der Waals surface area contributed by atoms with Gasteiger partial charge in [-0.25, -0.2) is 4.79 Å². The van der Waals surface area contributed by atoms with Crippen molar-refractivity contribution in [2.45, 2.75) is 6.92 Å². The van der Waals surface area contributed by atoms with Crippen LogP contribution < -0.4 is 10.7 Å². The number of pyridine rings is 1. The first-order valence-electron chi connectivity index (χ1n) is 7.24. The number of aromatic nitrogens is 1. The molecule has 0 bridgehead atoms. The van der Waals surface area contributed by atoms with Crippen molar-refractivity contribution in [2.24, 2.45) is 0 Å². The molecule has 7 nitrogen and oxygen atoms in total. The molecule has 0 spiro atoms. The van der Waals surface area contributed by atoms with Crippen LogP contribution in [0.25, 0.3) is 22.3 Å². The Morgan fingerprint density at radius 3 is 2.92 bits per heavy atom. The van der Waals surface area contributed by atoms with Gasteiger partial charge in [0.15, 0.2) is 16.8 Å². The van der Waals surface area contributed by atoms with Gasteiger partial charge in [0, 0.05) is 17.8 Å². The molecule has 0 aliphatic heterocycles. The second-order valence-electron chi connectivity index (χ2n) is 4.90. The summed E-state index contributed by atoms with van der Waals surface area (Å²) in [4.78, 5) is 27.7. The van der Waals surface area contributed by atoms with Crippen molar-refractivity contribution in [1.29, 1.82) is 0 Å². The highest BCUT2D eigenvalue weighted by atomic mass is 16.5. The summed E-state index contributed by atoms with van der Waals surface area (Å²) < 4.78 is 10.5. The zero-order valence-corrected chi connectivity index (χ0v) is 12.8. The van der Waals surface area contributed by atoms with Crippen molar-refractivity contribution in [3.05, 3.63) is 52.9 Å². The molecule has 0 radical (unpaired) electrons. The number of hydrogen-bond donors (Lipinski definition) is 2. The predicted molar refractivity (Wildman–Crippen MR) is 88.0 cm³/mol. The number of rotatable bonds is 3. The lowest BCUT2D eigenvalue weighted by Crippen LogP contribution is -2.14. The van der Waals surface area contributed by atoms with E-state index in [-0.39, 0.29) is 34.5 Å². The van der Waals surface area contributed by atoms with Gasteiger partial charge in [0.2, 0.25) is 0 Å². The van der Waals surface area contributed by atoms with E-state index in [1.807, 2.05) is 0 Å². The third-order valence-electron chi connectivity index (χ3n) is 3.32. The third kappa shape index (κ3) is 2.91. The standard InChI is InChI=1S/C17H14N2O5/c1-2-23-17(22)19-12-6-4-3-5-10(12)15-7-13(20)11-8-18-9-14(21)16(11)24-15/h3-9,21H,2H2,1H3,(H,19,22). The molecule has 2 N–H and O–H groups in total. The van der Waals surface area contributed by atoms with Crippen molar-refractivity contribution in [3.63, 3.8) is 0 Å². The van der Waals surface area contributed by atoms with Gasteiger partial charge in [-0.15, -0.1) is 0 Å². The minimum absolute atomic E-state index is 0.0402. The van der Waals surface area contributed by atoms with Crippen LogP contribution in [-0.2, 0) is 4.74 Å². The van der Waals surface area contributed by atoms with Crippen molar-refractivity contribution < 1.29 is 19.1 Å². The van der Waals surface area contributed by atoms with E-state index in [0.29, 0.717) is 11.3 Å². The van der Waals surface area contributed by atoms with Gasteiger partial charge >= 0.3 is 6.09 Å². The number of carbonyl (C=O) groups is 1. The lowest BCUT2D eigenvalue weighted by molar-refractivity contribution is 0.168. The Bertz CT molecular complexity index is 965. The van der Waals surface area contributed by atoms with E-state index in [0.717, 1.165) is 0 Å². The van der Waals surface area contributed by atoms with Crippen LogP contribution >= 0.6 is 0 Å². The summed E-state index contributed by atoms with van der Waals surface area (Å²) in [7, 11) is 0. The average Bonchev–Trinajstić information content (AvgIpc) is 2.56. The van der Waals surface area contributed by atoms with Gasteiger partial charge in [-0.1, -0.05) is 12.1 Å². The Labute approximate surface area is 136 Å². The van der Waals surface area contributed by atoms with E-state index in [4.69, 9.17) is 9.15 Å². The van der Waals surface area contributed by atoms with Crippen LogP contribution in [0.15, 0.2) is 51.9 Å². The number of carbonyl (C=O) groups excluding carboxylic acids is 1. The maximum atomic E-state index is 12.2. The molecule has 0 aliphatic carbocycles. The van der Waals surface area contributed by atoms with Crippen molar-refractivity contribution >= 4 is 22.7 Å². The number of nitrogens with zero attached hydrogens (tertiary/aromatic N) is 1. The SMILES string of the molecule is CCOC(=O)Nc1ccccc1-c1cc(=O)c2cncc(O)c2o1. The van der Waals surface area contributed by atoms with E-state index in [1.54, 1.807) is 31.2 Å². The van der Waals surface area contributed by atoms with Crippen molar-refractivity contribution in [2.75, 3.05) is 11.9 Å². The Kier molecular flexibility index (Phi) is 4.15. The lowest BCUT2D eigenvalue weighted by atomic mass is 10.1. The summed E-state index contributed by atoms with van der Waals surface area (Å²) in [6, 6.07) is 8.09. The van der Waals surface area contributed by atoms with Crippen molar-refractivity contribution in [1.82, 2.24) is 4.98 Å². The molecule has 3 rings (SSSR count). The molecule has 1 aromatic carbocycles. The molecule has 2 heterocycles. The highest BCUT2D eigenvalue weighted by Crippen LogP contribution is 2.31. The van der Waals surface area contributed by atoms with Gasteiger partial charge in [-0.2, -0.15) is 0 Å². The average molecular weight is 326 g/mol. The molecule has 0 atom stereocenters. The largest absolute Gasteiger partial charge is 0.503 e. The normalized spacial score (nSPS) is 10.5. The summed E-state index contributed by atoms with van der Waals surface area (Å²) in [6.07, 6.45) is 1.91. The number of aromatic hydroxyl groups is 1. The molecule has 122 valence electrons. The van der Waals surface area contributed by atoms with E-state index >= 15 is 0 Å². The van der Waals surface area contributed by atoms with E-state index in [1.165, 1.54) is 18.5 Å². The predicted octanol–water partition coefficient (Wildman–Crippen LogP) is 3.13. The zero-order chi connectivity index (χ0) is 17.1. The quantitative estimate of drug-likeness (QED) is 0.766. The highest BCUT2D eigenvalue weighted by molar-refractivity contribution is 5.91. The number of ether oxygens (including phenoxy) is 1. The van der Waals surface area contributed by atoms with Crippen LogP contribution in [0.4, 0.5) is 10.5 Å². The topological polar surface area (TPSA) is 102 Å².